The number of hydrogen-bond acceptors (Lipinski definition) is 6. The zero-order valence-corrected chi connectivity index (χ0v) is 12.4. The number of benzene rings is 2. The molecule has 6 nitrogen and oxygen atoms in total. The van der Waals surface area contributed by atoms with E-state index in [4.69, 9.17) is 10.9 Å². The lowest BCUT2D eigenvalue weighted by Gasteiger charge is -2.12. The Bertz CT molecular complexity index is 919. The van der Waals surface area contributed by atoms with Crippen LogP contribution in [0.1, 0.15) is 0 Å². The van der Waals surface area contributed by atoms with Crippen LogP contribution in [0.25, 0.3) is 10.2 Å². The average Bonchev–Trinajstić information content (AvgIpc) is 2.87. The Labute approximate surface area is 125 Å². The molecule has 0 fully saturated rings. The third-order valence-corrected chi connectivity index (χ3v) is 4.74. The van der Waals surface area contributed by atoms with E-state index in [1.165, 1.54) is 17.4 Å². The maximum absolute atomic E-state index is 11.5. The number of nitrogens with zero attached hydrogens (tertiary/aromatic N) is 1. The molecular formula is C13H12N4O2S2. The Balaban J connectivity index is 2.01. The molecule has 3 rings (SSSR count). The van der Waals surface area contributed by atoms with Gasteiger partial charge in [0.15, 0.2) is 0 Å². The zero-order chi connectivity index (χ0) is 15.0. The predicted octanol–water partition coefficient (Wildman–Crippen LogP) is 2.27. The van der Waals surface area contributed by atoms with Crippen LogP contribution in [0.15, 0.2) is 46.8 Å². The third kappa shape index (κ3) is 2.68. The summed E-state index contributed by atoms with van der Waals surface area (Å²) in [6.45, 7) is 0. The topological polar surface area (TPSA) is 111 Å². The molecule has 0 amide bonds. The molecule has 3 aromatic rings. The predicted molar refractivity (Wildman–Crippen MR) is 85.1 cm³/mol. The van der Waals surface area contributed by atoms with Crippen molar-refractivity contribution in [3.05, 3.63) is 41.9 Å². The molecule has 0 atom stereocenters. The fourth-order valence-corrected chi connectivity index (χ4v) is 3.39. The molecule has 21 heavy (non-hydrogen) atoms. The number of hydrogen-bond donors (Lipinski definition) is 3. The van der Waals surface area contributed by atoms with E-state index in [0.717, 1.165) is 15.9 Å². The van der Waals surface area contributed by atoms with Crippen molar-refractivity contribution in [2.75, 3.05) is 11.1 Å². The van der Waals surface area contributed by atoms with Crippen molar-refractivity contribution in [1.82, 2.24) is 4.98 Å². The molecule has 0 radical (unpaired) electrons. The molecule has 0 spiro atoms. The highest BCUT2D eigenvalue weighted by Gasteiger charge is 2.14. The molecule has 1 heterocycles. The van der Waals surface area contributed by atoms with Gasteiger partial charge in [0, 0.05) is 5.69 Å². The van der Waals surface area contributed by atoms with Crippen LogP contribution in [0, 0.1) is 0 Å². The summed E-state index contributed by atoms with van der Waals surface area (Å²) in [7, 11) is -3.85. The van der Waals surface area contributed by atoms with Crippen molar-refractivity contribution in [2.45, 2.75) is 4.90 Å². The summed E-state index contributed by atoms with van der Waals surface area (Å²) >= 11 is 1.53. The van der Waals surface area contributed by atoms with E-state index in [9.17, 15) is 8.42 Å². The maximum atomic E-state index is 11.5. The summed E-state index contributed by atoms with van der Waals surface area (Å²) in [5, 5.41) is 8.24. The van der Waals surface area contributed by atoms with Crippen LogP contribution in [-0.2, 0) is 10.0 Å². The van der Waals surface area contributed by atoms with Gasteiger partial charge in [-0.3, -0.25) is 0 Å². The second kappa shape index (κ2) is 4.99. The van der Waals surface area contributed by atoms with Gasteiger partial charge in [-0.1, -0.05) is 6.07 Å². The van der Waals surface area contributed by atoms with Crippen molar-refractivity contribution in [3.63, 3.8) is 0 Å². The number of aromatic nitrogens is 1. The molecule has 0 aliphatic heterocycles. The maximum Gasteiger partial charge on any atom is 0.240 e. The number of rotatable bonds is 3. The molecule has 2 aromatic carbocycles. The number of anilines is 3. The molecule has 8 heteroatoms. The highest BCUT2D eigenvalue weighted by Crippen LogP contribution is 2.30. The first-order valence-electron chi connectivity index (χ1n) is 5.97. The van der Waals surface area contributed by atoms with Gasteiger partial charge >= 0.3 is 0 Å². The van der Waals surface area contributed by atoms with Gasteiger partial charge < -0.3 is 11.1 Å². The number of nitrogens with two attached hydrogens (primary N) is 2. The molecule has 5 N–H and O–H groups in total. The lowest BCUT2D eigenvalue weighted by Crippen LogP contribution is -2.15. The SMILES string of the molecule is Nc1c(Nc2ccc3ncsc3c2)cccc1S(N)(=O)=O. The Kier molecular flexibility index (Phi) is 3.28. The first kappa shape index (κ1) is 13.8. The van der Waals surface area contributed by atoms with Gasteiger partial charge in [-0.25, -0.2) is 18.5 Å². The molecule has 0 aliphatic rings. The van der Waals surface area contributed by atoms with Crippen LogP contribution >= 0.6 is 11.3 Å². The third-order valence-electron chi connectivity index (χ3n) is 2.98. The van der Waals surface area contributed by atoms with Gasteiger partial charge in [-0.15, -0.1) is 11.3 Å². The monoisotopic (exact) mass is 320 g/mol. The summed E-state index contributed by atoms with van der Waals surface area (Å²) in [4.78, 5) is 4.11. The lowest BCUT2D eigenvalue weighted by atomic mass is 10.2. The van der Waals surface area contributed by atoms with Crippen LogP contribution in [0.2, 0.25) is 0 Å². The first-order chi connectivity index (χ1) is 9.95. The summed E-state index contributed by atoms with van der Waals surface area (Å²) in [6.07, 6.45) is 0. The smallest absolute Gasteiger partial charge is 0.240 e. The molecule has 0 unspecified atom stereocenters. The van der Waals surface area contributed by atoms with Crippen molar-refractivity contribution in [3.8, 4) is 0 Å². The minimum absolute atomic E-state index is 0.0913. The molecule has 1 aromatic heterocycles. The second-order valence-corrected chi connectivity index (χ2v) is 6.84. The highest BCUT2D eigenvalue weighted by atomic mass is 32.2. The van der Waals surface area contributed by atoms with E-state index in [2.05, 4.69) is 10.3 Å². The standard InChI is InChI=1S/C13H12N4O2S2/c14-13-10(2-1-3-12(13)21(15,18)19)17-8-4-5-9-11(6-8)20-7-16-9/h1-7,17H,14H2,(H2,15,18,19). The van der Waals surface area contributed by atoms with E-state index in [1.54, 1.807) is 17.6 Å². The van der Waals surface area contributed by atoms with Gasteiger partial charge in [0.25, 0.3) is 0 Å². The van der Waals surface area contributed by atoms with Crippen LogP contribution in [0.4, 0.5) is 17.1 Å². The van der Waals surface area contributed by atoms with E-state index < -0.39 is 10.0 Å². The average molecular weight is 320 g/mol. The number of thiazole rings is 1. The Hall–Kier alpha value is -2.16. The zero-order valence-electron chi connectivity index (χ0n) is 10.8. The number of nitrogen functional groups attached to an aromatic ring is 1. The van der Waals surface area contributed by atoms with Gasteiger partial charge in [-0.05, 0) is 30.3 Å². The minimum atomic E-state index is -3.85. The van der Waals surface area contributed by atoms with Gasteiger partial charge in [0.2, 0.25) is 10.0 Å². The molecular weight excluding hydrogens is 308 g/mol. The van der Waals surface area contributed by atoms with Crippen LogP contribution in [0.5, 0.6) is 0 Å². The second-order valence-electron chi connectivity index (χ2n) is 4.42. The first-order valence-corrected chi connectivity index (χ1v) is 8.39. The number of fused-ring (bicyclic) bond motifs is 1. The van der Waals surface area contributed by atoms with Crippen molar-refractivity contribution in [1.29, 1.82) is 0 Å². The fourth-order valence-electron chi connectivity index (χ4n) is 1.99. The summed E-state index contributed by atoms with van der Waals surface area (Å²) < 4.78 is 24.0. The van der Waals surface area contributed by atoms with E-state index in [0.29, 0.717) is 5.69 Å². The van der Waals surface area contributed by atoms with Gasteiger partial charge in [0.1, 0.15) is 4.90 Å². The van der Waals surface area contributed by atoms with E-state index in [-0.39, 0.29) is 10.6 Å². The Morgan fingerprint density at radius 3 is 2.76 bits per heavy atom. The normalized spacial score (nSPS) is 11.7. The Morgan fingerprint density at radius 2 is 2.00 bits per heavy atom. The van der Waals surface area contributed by atoms with E-state index in [1.807, 2.05) is 18.2 Å². The fraction of sp³-hybridized carbons (Fsp3) is 0. The molecule has 108 valence electrons. The van der Waals surface area contributed by atoms with Crippen molar-refractivity contribution >= 4 is 48.6 Å². The van der Waals surface area contributed by atoms with Crippen molar-refractivity contribution < 1.29 is 8.42 Å². The van der Waals surface area contributed by atoms with Crippen LogP contribution < -0.4 is 16.2 Å². The van der Waals surface area contributed by atoms with Crippen LogP contribution in [0.3, 0.4) is 0 Å². The summed E-state index contributed by atoms with van der Waals surface area (Å²) in [5.41, 5.74) is 9.95. The number of nitrogens with one attached hydrogen (secondary N) is 1. The molecule has 0 aliphatic carbocycles. The number of primary sulfonamides is 1. The summed E-state index contributed by atoms with van der Waals surface area (Å²) in [6, 6.07) is 10.3. The minimum Gasteiger partial charge on any atom is -0.396 e. The largest absolute Gasteiger partial charge is 0.396 e. The Morgan fingerprint density at radius 1 is 1.19 bits per heavy atom. The van der Waals surface area contributed by atoms with Crippen LogP contribution in [-0.4, -0.2) is 13.4 Å². The number of sulfonamides is 1. The van der Waals surface area contributed by atoms with Gasteiger partial charge in [0.05, 0.1) is 27.1 Å². The molecule has 0 saturated heterocycles. The number of para-hydroxylation sites is 1. The van der Waals surface area contributed by atoms with Gasteiger partial charge in [-0.2, -0.15) is 0 Å². The molecule has 0 bridgehead atoms. The summed E-state index contributed by atoms with van der Waals surface area (Å²) in [5.74, 6) is 0. The highest BCUT2D eigenvalue weighted by molar-refractivity contribution is 7.89. The van der Waals surface area contributed by atoms with E-state index >= 15 is 0 Å². The lowest BCUT2D eigenvalue weighted by molar-refractivity contribution is 0.598. The van der Waals surface area contributed by atoms with Crippen molar-refractivity contribution in [2.24, 2.45) is 5.14 Å². The quantitative estimate of drug-likeness (QED) is 0.641. The molecule has 0 saturated carbocycles.